The Morgan fingerprint density at radius 1 is 1.26 bits per heavy atom. The van der Waals surface area contributed by atoms with Gasteiger partial charge in [-0.1, -0.05) is 19.9 Å². The van der Waals surface area contributed by atoms with Gasteiger partial charge in [0.15, 0.2) is 11.5 Å². The lowest BCUT2D eigenvalue weighted by atomic mass is 9.97. The first-order chi connectivity index (χ1) is 9.20. The molecule has 0 aliphatic carbocycles. The van der Waals surface area contributed by atoms with Gasteiger partial charge in [-0.2, -0.15) is 0 Å². The molecule has 1 aromatic carbocycles. The van der Waals surface area contributed by atoms with Crippen molar-refractivity contribution in [1.29, 1.82) is 0 Å². The van der Waals surface area contributed by atoms with Crippen LogP contribution >= 0.6 is 0 Å². The minimum absolute atomic E-state index is 0.245. The maximum Gasteiger partial charge on any atom is 0.231 e. The van der Waals surface area contributed by atoms with E-state index in [2.05, 4.69) is 25.2 Å². The third kappa shape index (κ3) is 3.85. The fourth-order valence-electron chi connectivity index (χ4n) is 2.13. The highest BCUT2D eigenvalue weighted by Gasteiger charge is 2.13. The van der Waals surface area contributed by atoms with Crippen LogP contribution in [0.4, 0.5) is 0 Å². The van der Waals surface area contributed by atoms with Gasteiger partial charge in [-0.05, 0) is 42.5 Å². The molecule has 0 aromatic heterocycles. The van der Waals surface area contributed by atoms with Crippen molar-refractivity contribution in [3.05, 3.63) is 23.8 Å². The van der Waals surface area contributed by atoms with E-state index in [0.29, 0.717) is 18.6 Å². The lowest BCUT2D eigenvalue weighted by Gasteiger charge is -2.18. The molecule has 0 amide bonds. The number of nitrogens with one attached hydrogen (secondary N) is 1. The van der Waals surface area contributed by atoms with Crippen LogP contribution < -0.4 is 14.8 Å². The number of rotatable bonds is 7. The number of hydrogen-bond acceptors (Lipinski definition) is 4. The van der Waals surface area contributed by atoms with Gasteiger partial charge in [0.2, 0.25) is 6.79 Å². The van der Waals surface area contributed by atoms with Crippen LogP contribution in [0.15, 0.2) is 18.2 Å². The van der Waals surface area contributed by atoms with Crippen LogP contribution in [0.1, 0.15) is 19.4 Å². The number of aliphatic hydroxyl groups is 1. The summed E-state index contributed by atoms with van der Waals surface area (Å²) < 4.78 is 10.6. The summed E-state index contributed by atoms with van der Waals surface area (Å²) in [6.45, 7) is 6.61. The molecule has 4 nitrogen and oxygen atoms in total. The Morgan fingerprint density at radius 3 is 2.79 bits per heavy atom. The average molecular weight is 265 g/mol. The van der Waals surface area contributed by atoms with Crippen molar-refractivity contribution in [3.63, 3.8) is 0 Å². The molecule has 0 radical (unpaired) electrons. The highest BCUT2D eigenvalue weighted by molar-refractivity contribution is 5.44. The zero-order valence-corrected chi connectivity index (χ0v) is 11.7. The topological polar surface area (TPSA) is 50.7 Å². The van der Waals surface area contributed by atoms with Gasteiger partial charge in [-0.25, -0.2) is 0 Å². The molecule has 1 atom stereocenters. The highest BCUT2D eigenvalue weighted by atomic mass is 16.7. The van der Waals surface area contributed by atoms with E-state index in [-0.39, 0.29) is 6.61 Å². The number of hydrogen-bond donors (Lipinski definition) is 2. The largest absolute Gasteiger partial charge is 0.454 e. The van der Waals surface area contributed by atoms with E-state index in [1.807, 2.05) is 12.1 Å². The summed E-state index contributed by atoms with van der Waals surface area (Å²) in [7, 11) is 0. The van der Waals surface area contributed by atoms with Gasteiger partial charge in [0.1, 0.15) is 0 Å². The van der Waals surface area contributed by atoms with E-state index in [9.17, 15) is 5.11 Å². The number of ether oxygens (including phenoxy) is 2. The second-order valence-electron chi connectivity index (χ2n) is 5.33. The van der Waals surface area contributed by atoms with Crippen LogP contribution in [0.25, 0.3) is 0 Å². The zero-order valence-electron chi connectivity index (χ0n) is 11.7. The SMILES string of the molecule is CC(C)C(CO)CNCCc1ccc2c(c1)OCO2. The van der Waals surface area contributed by atoms with E-state index in [1.54, 1.807) is 0 Å². The van der Waals surface area contributed by atoms with E-state index >= 15 is 0 Å². The van der Waals surface area contributed by atoms with Gasteiger partial charge in [0.25, 0.3) is 0 Å². The van der Waals surface area contributed by atoms with Gasteiger partial charge >= 0.3 is 0 Å². The van der Waals surface area contributed by atoms with Crippen LogP contribution in [-0.2, 0) is 6.42 Å². The number of benzene rings is 1. The first kappa shape index (κ1) is 14.2. The van der Waals surface area contributed by atoms with Crippen LogP contribution in [0.5, 0.6) is 11.5 Å². The fourth-order valence-corrected chi connectivity index (χ4v) is 2.13. The molecular weight excluding hydrogens is 242 g/mol. The predicted octanol–water partition coefficient (Wildman–Crippen LogP) is 1.81. The Balaban J connectivity index is 1.74. The number of aliphatic hydroxyl groups excluding tert-OH is 1. The lowest BCUT2D eigenvalue weighted by molar-refractivity contribution is 0.174. The maximum atomic E-state index is 9.25. The van der Waals surface area contributed by atoms with Crippen molar-refractivity contribution in [2.75, 3.05) is 26.5 Å². The zero-order chi connectivity index (χ0) is 13.7. The van der Waals surface area contributed by atoms with Crippen molar-refractivity contribution < 1.29 is 14.6 Å². The van der Waals surface area contributed by atoms with Gasteiger partial charge < -0.3 is 19.9 Å². The Labute approximate surface area is 114 Å². The molecule has 0 bridgehead atoms. The molecule has 0 spiro atoms. The second kappa shape index (κ2) is 6.78. The van der Waals surface area contributed by atoms with Gasteiger partial charge in [0, 0.05) is 13.2 Å². The van der Waals surface area contributed by atoms with Crippen LogP contribution in [-0.4, -0.2) is 31.6 Å². The van der Waals surface area contributed by atoms with E-state index in [0.717, 1.165) is 31.0 Å². The van der Waals surface area contributed by atoms with Gasteiger partial charge in [-0.15, -0.1) is 0 Å². The van der Waals surface area contributed by atoms with E-state index in [4.69, 9.17) is 9.47 Å². The smallest absolute Gasteiger partial charge is 0.231 e. The minimum atomic E-state index is 0.245. The first-order valence-corrected chi connectivity index (χ1v) is 6.91. The summed E-state index contributed by atoms with van der Waals surface area (Å²) in [5.74, 6) is 2.50. The van der Waals surface area contributed by atoms with Crippen LogP contribution in [0, 0.1) is 11.8 Å². The summed E-state index contributed by atoms with van der Waals surface area (Å²) in [6, 6.07) is 6.07. The van der Waals surface area contributed by atoms with Crippen molar-refractivity contribution in [1.82, 2.24) is 5.32 Å². The summed E-state index contributed by atoms with van der Waals surface area (Å²) in [6.07, 6.45) is 0.951. The molecule has 0 saturated carbocycles. The third-order valence-corrected chi connectivity index (χ3v) is 3.61. The molecule has 4 heteroatoms. The summed E-state index contributed by atoms with van der Waals surface area (Å²) in [5.41, 5.74) is 1.24. The fraction of sp³-hybridized carbons (Fsp3) is 0.600. The Bertz CT molecular complexity index is 406. The summed E-state index contributed by atoms with van der Waals surface area (Å²) in [5, 5.41) is 12.7. The molecule has 1 aromatic rings. The minimum Gasteiger partial charge on any atom is -0.454 e. The Morgan fingerprint density at radius 2 is 2.05 bits per heavy atom. The van der Waals surface area contributed by atoms with Crippen molar-refractivity contribution in [3.8, 4) is 11.5 Å². The average Bonchev–Trinajstić information content (AvgIpc) is 2.85. The van der Waals surface area contributed by atoms with Crippen LogP contribution in [0.3, 0.4) is 0 Å². The van der Waals surface area contributed by atoms with Gasteiger partial charge in [0.05, 0.1) is 0 Å². The van der Waals surface area contributed by atoms with Crippen molar-refractivity contribution in [2.24, 2.45) is 11.8 Å². The quantitative estimate of drug-likeness (QED) is 0.738. The van der Waals surface area contributed by atoms with Crippen LogP contribution in [0.2, 0.25) is 0 Å². The molecule has 0 fully saturated rings. The van der Waals surface area contributed by atoms with Crippen molar-refractivity contribution in [2.45, 2.75) is 20.3 Å². The molecule has 19 heavy (non-hydrogen) atoms. The lowest BCUT2D eigenvalue weighted by Crippen LogP contribution is -2.30. The molecule has 2 N–H and O–H groups in total. The molecule has 1 unspecified atom stereocenters. The Kier molecular flexibility index (Phi) is 5.05. The summed E-state index contributed by atoms with van der Waals surface area (Å²) in [4.78, 5) is 0. The third-order valence-electron chi connectivity index (χ3n) is 3.61. The molecule has 1 aliphatic rings. The molecule has 1 aliphatic heterocycles. The normalized spacial score (nSPS) is 14.9. The van der Waals surface area contributed by atoms with E-state index < -0.39 is 0 Å². The molecular formula is C15H23NO3. The van der Waals surface area contributed by atoms with Crippen molar-refractivity contribution >= 4 is 0 Å². The monoisotopic (exact) mass is 265 g/mol. The highest BCUT2D eigenvalue weighted by Crippen LogP contribution is 2.32. The Hall–Kier alpha value is -1.26. The maximum absolute atomic E-state index is 9.25. The summed E-state index contributed by atoms with van der Waals surface area (Å²) >= 11 is 0. The standard InChI is InChI=1S/C15H23NO3/c1-11(2)13(9-17)8-16-6-5-12-3-4-14-15(7-12)19-10-18-14/h3-4,7,11,13,16-17H,5-6,8-10H2,1-2H3. The molecule has 1 heterocycles. The van der Waals surface area contributed by atoms with E-state index in [1.165, 1.54) is 5.56 Å². The molecule has 2 rings (SSSR count). The first-order valence-electron chi connectivity index (χ1n) is 6.91. The predicted molar refractivity (Wildman–Crippen MR) is 74.6 cm³/mol. The molecule has 106 valence electrons. The molecule has 0 saturated heterocycles. The second-order valence-corrected chi connectivity index (χ2v) is 5.33. The van der Waals surface area contributed by atoms with Gasteiger partial charge in [-0.3, -0.25) is 0 Å². The number of fused-ring (bicyclic) bond motifs is 1.